The minimum Gasteiger partial charge on any atom is -0.308 e. The van der Waals surface area contributed by atoms with E-state index >= 15 is 0 Å². The van der Waals surface area contributed by atoms with Gasteiger partial charge in [0.2, 0.25) is 0 Å². The number of fused-ring (bicyclic) bond motifs is 1. The Morgan fingerprint density at radius 1 is 1.26 bits per heavy atom. The number of pyridine rings is 1. The average molecular weight is 292 g/mol. The molecule has 0 bridgehead atoms. The van der Waals surface area contributed by atoms with Gasteiger partial charge in [0.25, 0.3) is 0 Å². The Bertz CT molecular complexity index is 688. The van der Waals surface area contributed by atoms with Gasteiger partial charge in [-0.05, 0) is 41.4 Å². The van der Waals surface area contributed by atoms with Crippen molar-refractivity contribution in [1.82, 2.24) is 14.5 Å². The Morgan fingerprint density at radius 2 is 2.16 bits per heavy atom. The van der Waals surface area contributed by atoms with Crippen molar-refractivity contribution in [3.05, 3.63) is 46.0 Å². The standard InChI is InChI=1S/C14H14ClN3S/c1-10-2-3-12-14(16-10)18(13(17-12)4-6-15)8-11-5-7-19-9-11/h2-3,5,7,9H,4,6,8H2,1H3. The summed E-state index contributed by atoms with van der Waals surface area (Å²) in [6.45, 7) is 2.81. The molecule has 0 unspecified atom stereocenters. The van der Waals surface area contributed by atoms with E-state index in [0.29, 0.717) is 5.88 Å². The van der Waals surface area contributed by atoms with E-state index in [0.717, 1.165) is 35.6 Å². The molecule has 0 amide bonds. The number of thiophene rings is 1. The lowest BCUT2D eigenvalue weighted by Crippen LogP contribution is -2.06. The van der Waals surface area contributed by atoms with Crippen LogP contribution >= 0.6 is 22.9 Å². The van der Waals surface area contributed by atoms with Crippen LogP contribution in [0.1, 0.15) is 17.1 Å². The molecular formula is C14H14ClN3S. The molecule has 3 nitrogen and oxygen atoms in total. The van der Waals surface area contributed by atoms with E-state index in [9.17, 15) is 0 Å². The second kappa shape index (κ2) is 5.31. The molecule has 98 valence electrons. The van der Waals surface area contributed by atoms with Gasteiger partial charge in [-0.2, -0.15) is 11.3 Å². The lowest BCUT2D eigenvalue weighted by Gasteiger charge is -2.06. The van der Waals surface area contributed by atoms with E-state index in [1.807, 2.05) is 19.1 Å². The largest absolute Gasteiger partial charge is 0.308 e. The highest BCUT2D eigenvalue weighted by atomic mass is 35.5. The molecule has 3 aromatic heterocycles. The quantitative estimate of drug-likeness (QED) is 0.687. The van der Waals surface area contributed by atoms with Crippen LogP contribution in [0.15, 0.2) is 29.0 Å². The fourth-order valence-electron chi connectivity index (χ4n) is 2.15. The zero-order valence-electron chi connectivity index (χ0n) is 10.6. The van der Waals surface area contributed by atoms with Crippen LogP contribution < -0.4 is 0 Å². The van der Waals surface area contributed by atoms with Crippen LogP contribution in [0.3, 0.4) is 0 Å². The molecule has 0 fully saturated rings. The van der Waals surface area contributed by atoms with Crippen molar-refractivity contribution >= 4 is 34.1 Å². The van der Waals surface area contributed by atoms with Crippen LogP contribution in [-0.2, 0) is 13.0 Å². The molecule has 0 aliphatic heterocycles. The molecule has 0 aliphatic rings. The molecule has 3 rings (SSSR count). The number of hydrogen-bond acceptors (Lipinski definition) is 3. The van der Waals surface area contributed by atoms with Crippen LogP contribution in [0.4, 0.5) is 0 Å². The number of aryl methyl sites for hydroxylation is 2. The fourth-order valence-corrected chi connectivity index (χ4v) is 2.98. The van der Waals surface area contributed by atoms with Gasteiger partial charge in [-0.15, -0.1) is 11.6 Å². The van der Waals surface area contributed by atoms with Crippen LogP contribution in [-0.4, -0.2) is 20.4 Å². The SMILES string of the molecule is Cc1ccc2nc(CCCl)n(Cc3ccsc3)c2n1. The monoisotopic (exact) mass is 291 g/mol. The fraction of sp³-hybridized carbons (Fsp3) is 0.286. The Morgan fingerprint density at radius 3 is 2.89 bits per heavy atom. The minimum absolute atomic E-state index is 0.575. The highest BCUT2D eigenvalue weighted by Gasteiger charge is 2.12. The summed E-state index contributed by atoms with van der Waals surface area (Å²) >= 11 is 7.59. The predicted octanol–water partition coefficient (Wildman–Crippen LogP) is 3.63. The third-order valence-corrected chi connectivity index (χ3v) is 3.97. The Labute approximate surface area is 120 Å². The zero-order chi connectivity index (χ0) is 13.2. The number of rotatable bonds is 4. The van der Waals surface area contributed by atoms with Crippen LogP contribution in [0.5, 0.6) is 0 Å². The third-order valence-electron chi connectivity index (χ3n) is 3.05. The topological polar surface area (TPSA) is 30.7 Å². The maximum absolute atomic E-state index is 5.88. The Hall–Kier alpha value is -1.39. The van der Waals surface area contributed by atoms with E-state index < -0.39 is 0 Å². The number of nitrogens with zero attached hydrogens (tertiary/aromatic N) is 3. The molecule has 0 aliphatic carbocycles. The van der Waals surface area contributed by atoms with E-state index in [4.69, 9.17) is 11.6 Å². The van der Waals surface area contributed by atoms with Crippen molar-refractivity contribution in [3.63, 3.8) is 0 Å². The average Bonchev–Trinajstić information content (AvgIpc) is 3.00. The van der Waals surface area contributed by atoms with Gasteiger partial charge in [0.1, 0.15) is 11.3 Å². The van der Waals surface area contributed by atoms with E-state index in [1.54, 1.807) is 11.3 Å². The number of aromatic nitrogens is 3. The van der Waals surface area contributed by atoms with Crippen LogP contribution in [0.2, 0.25) is 0 Å². The van der Waals surface area contributed by atoms with E-state index in [2.05, 4.69) is 31.4 Å². The maximum Gasteiger partial charge on any atom is 0.160 e. The summed E-state index contributed by atoms with van der Waals surface area (Å²) in [4.78, 5) is 9.26. The lowest BCUT2D eigenvalue weighted by atomic mass is 10.3. The summed E-state index contributed by atoms with van der Waals surface area (Å²) < 4.78 is 2.17. The van der Waals surface area contributed by atoms with Crippen molar-refractivity contribution in [1.29, 1.82) is 0 Å². The highest BCUT2D eigenvalue weighted by Crippen LogP contribution is 2.18. The van der Waals surface area contributed by atoms with Crippen LogP contribution in [0.25, 0.3) is 11.2 Å². The molecule has 0 atom stereocenters. The molecule has 0 saturated heterocycles. The van der Waals surface area contributed by atoms with Crippen molar-refractivity contribution in [2.24, 2.45) is 0 Å². The predicted molar refractivity (Wildman–Crippen MR) is 80.1 cm³/mol. The molecule has 5 heteroatoms. The van der Waals surface area contributed by atoms with Gasteiger partial charge >= 0.3 is 0 Å². The van der Waals surface area contributed by atoms with Crippen molar-refractivity contribution in [2.75, 3.05) is 5.88 Å². The smallest absolute Gasteiger partial charge is 0.160 e. The first-order valence-electron chi connectivity index (χ1n) is 6.18. The van der Waals surface area contributed by atoms with Gasteiger partial charge in [0.15, 0.2) is 5.65 Å². The Kier molecular flexibility index (Phi) is 3.53. The molecular weight excluding hydrogens is 278 g/mol. The summed E-state index contributed by atoms with van der Waals surface area (Å²) in [6, 6.07) is 6.16. The van der Waals surface area contributed by atoms with Gasteiger partial charge in [-0.3, -0.25) is 0 Å². The molecule has 0 N–H and O–H groups in total. The maximum atomic E-state index is 5.88. The molecule has 0 spiro atoms. The molecule has 0 saturated carbocycles. The number of halogens is 1. The van der Waals surface area contributed by atoms with Crippen molar-refractivity contribution in [2.45, 2.75) is 19.9 Å². The van der Waals surface area contributed by atoms with Crippen molar-refractivity contribution < 1.29 is 0 Å². The highest BCUT2D eigenvalue weighted by molar-refractivity contribution is 7.07. The molecule has 3 aromatic rings. The third kappa shape index (κ3) is 2.51. The van der Waals surface area contributed by atoms with Gasteiger partial charge in [-0.1, -0.05) is 0 Å². The Balaban J connectivity index is 2.12. The van der Waals surface area contributed by atoms with E-state index in [-0.39, 0.29) is 0 Å². The second-order valence-electron chi connectivity index (χ2n) is 4.48. The first-order chi connectivity index (χ1) is 9.28. The van der Waals surface area contributed by atoms with Crippen molar-refractivity contribution in [3.8, 4) is 0 Å². The van der Waals surface area contributed by atoms with Gasteiger partial charge < -0.3 is 4.57 Å². The minimum atomic E-state index is 0.575. The first-order valence-corrected chi connectivity index (χ1v) is 7.65. The molecule has 0 radical (unpaired) electrons. The summed E-state index contributed by atoms with van der Waals surface area (Å²) in [7, 11) is 0. The van der Waals surface area contributed by atoms with Crippen LogP contribution in [0, 0.1) is 6.92 Å². The zero-order valence-corrected chi connectivity index (χ0v) is 12.2. The summed E-state index contributed by atoms with van der Waals surface area (Å²) in [5.74, 6) is 1.58. The van der Waals surface area contributed by atoms with E-state index in [1.165, 1.54) is 5.56 Å². The van der Waals surface area contributed by atoms with Gasteiger partial charge in [-0.25, -0.2) is 9.97 Å². The lowest BCUT2D eigenvalue weighted by molar-refractivity contribution is 0.748. The van der Waals surface area contributed by atoms with Gasteiger partial charge in [0.05, 0.1) is 6.54 Å². The van der Waals surface area contributed by atoms with Gasteiger partial charge in [0, 0.05) is 18.0 Å². The summed E-state index contributed by atoms with van der Waals surface area (Å²) in [5, 5.41) is 4.25. The molecule has 3 heterocycles. The second-order valence-corrected chi connectivity index (χ2v) is 5.64. The number of alkyl halides is 1. The number of imidazole rings is 1. The number of hydrogen-bond donors (Lipinski definition) is 0. The first kappa shape index (κ1) is 12.6. The summed E-state index contributed by atoms with van der Waals surface area (Å²) in [5.41, 5.74) is 4.19. The normalized spacial score (nSPS) is 11.3. The summed E-state index contributed by atoms with van der Waals surface area (Å²) in [6.07, 6.45) is 0.765. The molecule has 0 aromatic carbocycles. The molecule has 19 heavy (non-hydrogen) atoms.